The Morgan fingerprint density at radius 1 is 0.795 bits per heavy atom. The third-order valence-corrected chi connectivity index (χ3v) is 5.72. The molecule has 0 saturated carbocycles. The molecule has 0 bridgehead atoms. The summed E-state index contributed by atoms with van der Waals surface area (Å²) in [6, 6.07) is 12.8. The molecule has 0 aliphatic heterocycles. The lowest BCUT2D eigenvalue weighted by Gasteiger charge is -2.12. The molecule has 0 radical (unpaired) electrons. The summed E-state index contributed by atoms with van der Waals surface area (Å²) in [5.74, 6) is -1.74. The number of nitriles is 2. The molecule has 17 heteroatoms. The van der Waals surface area contributed by atoms with E-state index in [1.165, 1.54) is 36.4 Å². The van der Waals surface area contributed by atoms with Crippen molar-refractivity contribution in [3.05, 3.63) is 107 Å². The highest BCUT2D eigenvalue weighted by Crippen LogP contribution is 2.35. The number of alkyl halides is 6. The van der Waals surface area contributed by atoms with E-state index in [-0.39, 0.29) is 39.0 Å². The number of ether oxygens (including phenoxy) is 1. The number of aromatic nitrogens is 5. The monoisotopic (exact) mass is 635 g/mol. The Balaban J connectivity index is 0.000000215. The van der Waals surface area contributed by atoms with Crippen LogP contribution in [0.3, 0.4) is 0 Å². The number of benzene rings is 2. The largest absolute Gasteiger partial charge is 0.506 e. The number of aromatic hydroxyl groups is 1. The van der Waals surface area contributed by atoms with E-state index in [4.69, 9.17) is 21.6 Å². The normalized spacial score (nSPS) is 11.2. The number of phenols is 1. The molecule has 0 spiro atoms. The molecular weight excluding hydrogens is 623 g/mol. The van der Waals surface area contributed by atoms with E-state index in [1.807, 2.05) is 6.07 Å². The number of phenolic OH excluding ortho intramolecular Hbond substituents is 1. The van der Waals surface area contributed by atoms with Crippen LogP contribution in [-0.2, 0) is 12.4 Å². The van der Waals surface area contributed by atoms with Crippen molar-refractivity contribution in [1.29, 1.82) is 10.5 Å². The van der Waals surface area contributed by atoms with Crippen LogP contribution >= 0.6 is 11.6 Å². The third kappa shape index (κ3) is 6.88. The molecule has 5 aromatic rings. The van der Waals surface area contributed by atoms with Gasteiger partial charge in [0.15, 0.2) is 11.6 Å². The Labute approximate surface area is 247 Å². The van der Waals surface area contributed by atoms with Crippen molar-refractivity contribution < 1.29 is 40.6 Å². The van der Waals surface area contributed by atoms with Gasteiger partial charge in [-0.1, -0.05) is 23.7 Å². The number of halogens is 8. The molecular formula is C27H13ClF7N7O2. The molecule has 0 amide bonds. The van der Waals surface area contributed by atoms with Gasteiger partial charge in [0.2, 0.25) is 0 Å². The molecule has 0 atom stereocenters. The van der Waals surface area contributed by atoms with E-state index in [0.717, 1.165) is 27.8 Å². The summed E-state index contributed by atoms with van der Waals surface area (Å²) in [6.45, 7) is 0. The average Bonchev–Trinajstić information content (AvgIpc) is 3.65. The van der Waals surface area contributed by atoms with Crippen LogP contribution in [0.25, 0.3) is 11.4 Å². The van der Waals surface area contributed by atoms with Gasteiger partial charge in [-0.25, -0.2) is 18.7 Å². The molecule has 0 aliphatic rings. The predicted octanol–water partition coefficient (Wildman–Crippen LogP) is 7.21. The summed E-state index contributed by atoms with van der Waals surface area (Å²) in [6.07, 6.45) is -5.32. The lowest BCUT2D eigenvalue weighted by molar-refractivity contribution is -0.138. The van der Waals surface area contributed by atoms with Crippen molar-refractivity contribution in [2.75, 3.05) is 0 Å². The first-order valence-corrected chi connectivity index (χ1v) is 12.1. The first-order chi connectivity index (χ1) is 20.7. The summed E-state index contributed by atoms with van der Waals surface area (Å²) >= 11 is 5.62. The SMILES string of the molecule is N#Cc1cccc(O)c1-n1cc(C(F)(F)F)cn1.N#Cc1cccc(Oc2ncc(Cl)cc2F)c1-n1cc(C(F)(F)F)cn1. The summed E-state index contributed by atoms with van der Waals surface area (Å²) in [5.41, 5.74) is -2.10. The summed E-state index contributed by atoms with van der Waals surface area (Å²) in [7, 11) is 0. The van der Waals surface area contributed by atoms with Crippen LogP contribution in [0.15, 0.2) is 73.4 Å². The van der Waals surface area contributed by atoms with E-state index in [9.17, 15) is 41.1 Å². The highest BCUT2D eigenvalue weighted by molar-refractivity contribution is 6.30. The van der Waals surface area contributed by atoms with Crippen LogP contribution in [0.1, 0.15) is 22.3 Å². The zero-order chi connectivity index (χ0) is 32.2. The van der Waals surface area contributed by atoms with Crippen LogP contribution in [0.5, 0.6) is 17.4 Å². The van der Waals surface area contributed by atoms with Gasteiger partial charge in [-0.05, 0) is 30.3 Å². The predicted molar refractivity (Wildman–Crippen MR) is 138 cm³/mol. The Morgan fingerprint density at radius 2 is 1.32 bits per heavy atom. The fourth-order valence-electron chi connectivity index (χ4n) is 3.56. The van der Waals surface area contributed by atoms with Gasteiger partial charge in [0.1, 0.15) is 29.3 Å². The number of rotatable bonds is 4. The molecule has 0 fully saturated rings. The van der Waals surface area contributed by atoms with Crippen molar-refractivity contribution in [3.8, 4) is 40.9 Å². The van der Waals surface area contributed by atoms with Gasteiger partial charge in [-0.15, -0.1) is 0 Å². The smallest absolute Gasteiger partial charge is 0.419 e. The van der Waals surface area contributed by atoms with Crippen molar-refractivity contribution in [3.63, 3.8) is 0 Å². The molecule has 0 saturated heterocycles. The Hall–Kier alpha value is -5.61. The van der Waals surface area contributed by atoms with Crippen LogP contribution in [0, 0.1) is 28.5 Å². The minimum Gasteiger partial charge on any atom is -0.506 e. The molecule has 224 valence electrons. The van der Waals surface area contributed by atoms with Crippen LogP contribution in [-0.4, -0.2) is 29.7 Å². The molecule has 5 rings (SSSR count). The van der Waals surface area contributed by atoms with Crippen molar-refractivity contribution in [1.82, 2.24) is 24.5 Å². The summed E-state index contributed by atoms with van der Waals surface area (Å²) in [4.78, 5) is 3.69. The summed E-state index contributed by atoms with van der Waals surface area (Å²) in [5, 5.41) is 34.9. The van der Waals surface area contributed by atoms with E-state index < -0.39 is 35.2 Å². The maximum absolute atomic E-state index is 13.9. The second kappa shape index (κ2) is 12.3. The molecule has 9 nitrogen and oxygen atoms in total. The van der Waals surface area contributed by atoms with Crippen LogP contribution < -0.4 is 4.74 Å². The van der Waals surface area contributed by atoms with Gasteiger partial charge < -0.3 is 9.84 Å². The Morgan fingerprint density at radius 3 is 1.82 bits per heavy atom. The van der Waals surface area contributed by atoms with Gasteiger partial charge in [0.25, 0.3) is 5.88 Å². The first kappa shape index (κ1) is 31.3. The molecule has 1 N–H and O–H groups in total. The topological polar surface area (TPSA) is 126 Å². The van der Waals surface area contributed by atoms with E-state index in [2.05, 4.69) is 15.2 Å². The van der Waals surface area contributed by atoms with E-state index in [0.29, 0.717) is 18.6 Å². The highest BCUT2D eigenvalue weighted by atomic mass is 35.5. The molecule has 44 heavy (non-hydrogen) atoms. The number of hydrogen-bond acceptors (Lipinski definition) is 7. The van der Waals surface area contributed by atoms with E-state index in [1.54, 1.807) is 6.07 Å². The summed E-state index contributed by atoms with van der Waals surface area (Å²) < 4.78 is 96.6. The fraction of sp³-hybridized carbons (Fsp3) is 0.0741. The van der Waals surface area contributed by atoms with Crippen molar-refractivity contribution >= 4 is 11.6 Å². The average molecular weight is 636 g/mol. The van der Waals surface area contributed by atoms with Crippen LogP contribution in [0.4, 0.5) is 30.7 Å². The lowest BCUT2D eigenvalue weighted by Crippen LogP contribution is -2.04. The molecule has 0 aliphatic carbocycles. The van der Waals surface area contributed by atoms with Crippen LogP contribution in [0.2, 0.25) is 5.02 Å². The lowest BCUT2D eigenvalue weighted by atomic mass is 10.2. The van der Waals surface area contributed by atoms with Gasteiger partial charge in [-0.3, -0.25) is 0 Å². The standard InChI is InChI=1S/C16H7ClF4N4O.C11H6F3N3O/c17-11-4-12(18)15(23-7-11)26-13-3-1-2-9(5-22)14(13)25-8-10(6-24-25)16(19,20)21;12-11(13,14)8-5-16-17(6-8)10-7(4-15)2-1-3-9(10)18/h1-4,6-8H;1-3,5-6,18H. The van der Waals surface area contributed by atoms with Gasteiger partial charge in [-0.2, -0.15) is 47.1 Å². The second-order valence-electron chi connectivity index (χ2n) is 8.43. The number of hydrogen-bond donors (Lipinski definition) is 1. The molecule has 3 heterocycles. The van der Waals surface area contributed by atoms with Crippen molar-refractivity contribution in [2.45, 2.75) is 12.4 Å². The number of para-hydroxylation sites is 2. The van der Waals surface area contributed by atoms with Gasteiger partial charge in [0.05, 0.1) is 39.7 Å². The third-order valence-electron chi connectivity index (χ3n) is 5.51. The maximum Gasteiger partial charge on any atom is 0.419 e. The zero-order valence-electron chi connectivity index (χ0n) is 21.4. The minimum atomic E-state index is -4.61. The number of pyridine rings is 1. The zero-order valence-corrected chi connectivity index (χ0v) is 22.2. The molecule has 0 unspecified atom stereocenters. The molecule has 2 aromatic carbocycles. The maximum atomic E-state index is 13.9. The van der Waals surface area contributed by atoms with Gasteiger partial charge >= 0.3 is 12.4 Å². The quantitative estimate of drug-likeness (QED) is 0.207. The number of nitrogens with zero attached hydrogens (tertiary/aromatic N) is 7. The Kier molecular flexibility index (Phi) is 8.77. The second-order valence-corrected chi connectivity index (χ2v) is 8.87. The minimum absolute atomic E-state index is 0.0197. The fourth-order valence-corrected chi connectivity index (χ4v) is 3.70. The van der Waals surface area contributed by atoms with E-state index >= 15 is 0 Å². The highest BCUT2D eigenvalue weighted by Gasteiger charge is 2.33. The first-order valence-electron chi connectivity index (χ1n) is 11.7. The Bertz CT molecular complexity index is 1900. The molecule has 3 aromatic heterocycles. The van der Waals surface area contributed by atoms with Crippen molar-refractivity contribution in [2.24, 2.45) is 0 Å². The van der Waals surface area contributed by atoms with Gasteiger partial charge in [0, 0.05) is 18.6 Å².